The second-order valence-corrected chi connectivity index (χ2v) is 6.83. The summed E-state index contributed by atoms with van der Waals surface area (Å²) in [5, 5.41) is 7.85. The fraction of sp³-hybridized carbons (Fsp3) is 0.350. The smallest absolute Gasteiger partial charge is 0.171 e. The zero-order valence-corrected chi connectivity index (χ0v) is 15.0. The third kappa shape index (κ3) is 3.55. The van der Waals surface area contributed by atoms with Gasteiger partial charge in [-0.3, -0.25) is 9.69 Å². The van der Waals surface area contributed by atoms with E-state index in [4.69, 9.17) is 9.37 Å². The number of methoxy groups -OCH3 is 1. The van der Waals surface area contributed by atoms with E-state index in [0.29, 0.717) is 24.4 Å². The van der Waals surface area contributed by atoms with Gasteiger partial charge in [-0.1, -0.05) is 12.1 Å². The number of halogens is 1. The Morgan fingerprint density at radius 2 is 2.22 bits per heavy atom. The Hall–Kier alpha value is -2.80. The average molecular weight is 369 g/mol. The van der Waals surface area contributed by atoms with Crippen LogP contribution in [0.25, 0.3) is 11.0 Å². The minimum Gasteiger partial charge on any atom is -0.496 e. The monoisotopic (exact) mass is 369 g/mol. The predicted molar refractivity (Wildman–Crippen MR) is 97.1 cm³/mol. The summed E-state index contributed by atoms with van der Waals surface area (Å²) in [7, 11) is 1.49. The number of nitrogens with zero attached hydrogens (tertiary/aromatic N) is 3. The van der Waals surface area contributed by atoms with Crippen molar-refractivity contribution >= 4 is 16.8 Å². The number of rotatable bonds is 5. The van der Waals surface area contributed by atoms with Gasteiger partial charge in [0.25, 0.3) is 0 Å². The van der Waals surface area contributed by atoms with E-state index in [-0.39, 0.29) is 11.7 Å². The van der Waals surface area contributed by atoms with Crippen LogP contribution in [0, 0.1) is 11.7 Å². The molecule has 1 aliphatic heterocycles. The number of ketones is 1. The van der Waals surface area contributed by atoms with Gasteiger partial charge in [-0.25, -0.2) is 9.02 Å². The topological polar surface area (TPSA) is 68.5 Å². The van der Waals surface area contributed by atoms with Gasteiger partial charge < -0.3 is 4.74 Å². The minimum atomic E-state index is -0.433. The lowest BCUT2D eigenvalue weighted by molar-refractivity contribution is 0.0808. The molecular formula is C20H20FN3O3. The van der Waals surface area contributed by atoms with Crippen molar-refractivity contribution in [3.8, 4) is 5.75 Å². The molecule has 3 aromatic rings. The second kappa shape index (κ2) is 7.44. The number of carbonyl (C=O) groups is 1. The van der Waals surface area contributed by atoms with Crippen LogP contribution in [-0.4, -0.2) is 41.2 Å². The molecule has 6 nitrogen and oxygen atoms in total. The maximum absolute atomic E-state index is 13.7. The summed E-state index contributed by atoms with van der Waals surface area (Å²) in [6.45, 7) is 2.17. The summed E-state index contributed by atoms with van der Waals surface area (Å²) in [5.41, 5.74) is 2.80. The lowest BCUT2D eigenvalue weighted by atomic mass is 9.89. The highest BCUT2D eigenvalue weighted by Gasteiger charge is 2.29. The van der Waals surface area contributed by atoms with Crippen molar-refractivity contribution in [1.82, 2.24) is 15.2 Å². The Labute approximate surface area is 155 Å². The zero-order chi connectivity index (χ0) is 18.8. The van der Waals surface area contributed by atoms with Crippen molar-refractivity contribution in [2.75, 3.05) is 20.2 Å². The maximum Gasteiger partial charge on any atom is 0.171 e. The predicted octanol–water partition coefficient (Wildman–Crippen LogP) is 3.47. The molecule has 1 atom stereocenters. The van der Waals surface area contributed by atoms with Crippen LogP contribution in [0.5, 0.6) is 5.75 Å². The quantitative estimate of drug-likeness (QED) is 0.642. The minimum absolute atomic E-state index is 0.0719. The van der Waals surface area contributed by atoms with Gasteiger partial charge in [0.2, 0.25) is 0 Å². The lowest BCUT2D eigenvalue weighted by Crippen LogP contribution is -2.38. The third-order valence-electron chi connectivity index (χ3n) is 5.07. The number of ether oxygens (including phenoxy) is 1. The summed E-state index contributed by atoms with van der Waals surface area (Å²) in [5.74, 6) is -0.282. The zero-order valence-electron chi connectivity index (χ0n) is 15.0. The Morgan fingerprint density at radius 1 is 1.33 bits per heavy atom. The summed E-state index contributed by atoms with van der Waals surface area (Å²) < 4.78 is 23.7. The van der Waals surface area contributed by atoms with E-state index < -0.39 is 5.82 Å². The molecule has 2 heterocycles. The Bertz CT molecular complexity index is 972. The first-order valence-corrected chi connectivity index (χ1v) is 8.96. The van der Waals surface area contributed by atoms with E-state index in [2.05, 4.69) is 15.2 Å². The van der Waals surface area contributed by atoms with E-state index in [1.54, 1.807) is 0 Å². The molecule has 4 rings (SSSR count). The van der Waals surface area contributed by atoms with Crippen LogP contribution in [0.4, 0.5) is 4.39 Å². The largest absolute Gasteiger partial charge is 0.496 e. The first-order chi connectivity index (χ1) is 13.2. The normalized spacial score (nSPS) is 17.9. The fourth-order valence-corrected chi connectivity index (χ4v) is 3.74. The highest BCUT2D eigenvalue weighted by atomic mass is 19.1. The van der Waals surface area contributed by atoms with Crippen LogP contribution < -0.4 is 4.74 Å². The van der Waals surface area contributed by atoms with Gasteiger partial charge in [-0.15, -0.1) is 0 Å². The Balaban J connectivity index is 1.52. The number of Topliss-reactive ketones (excluding diaryl/α,β-unsaturated/α-hetero) is 1. The van der Waals surface area contributed by atoms with Gasteiger partial charge in [-0.05, 0) is 59.5 Å². The molecule has 0 N–H and O–H groups in total. The molecule has 0 amide bonds. The van der Waals surface area contributed by atoms with E-state index in [1.165, 1.54) is 25.3 Å². The third-order valence-corrected chi connectivity index (χ3v) is 5.07. The molecule has 7 heteroatoms. The van der Waals surface area contributed by atoms with Crippen LogP contribution in [0.15, 0.2) is 41.0 Å². The van der Waals surface area contributed by atoms with E-state index in [0.717, 1.165) is 36.0 Å². The second-order valence-electron chi connectivity index (χ2n) is 6.83. The fourth-order valence-electron chi connectivity index (χ4n) is 3.74. The van der Waals surface area contributed by atoms with Crippen LogP contribution in [-0.2, 0) is 6.54 Å². The van der Waals surface area contributed by atoms with Gasteiger partial charge in [0.05, 0.1) is 12.7 Å². The molecule has 2 aromatic carbocycles. The molecule has 0 unspecified atom stereocenters. The Kier molecular flexibility index (Phi) is 4.85. The summed E-state index contributed by atoms with van der Waals surface area (Å²) in [4.78, 5) is 15.2. The van der Waals surface area contributed by atoms with Crippen molar-refractivity contribution in [1.29, 1.82) is 0 Å². The molecular weight excluding hydrogens is 349 g/mol. The number of piperidine rings is 1. The average Bonchev–Trinajstić information content (AvgIpc) is 3.17. The van der Waals surface area contributed by atoms with Crippen molar-refractivity contribution in [3.05, 3.63) is 53.3 Å². The van der Waals surface area contributed by atoms with Gasteiger partial charge >= 0.3 is 0 Å². The first kappa shape index (κ1) is 17.6. The standard InChI is InChI=1S/C20H20FN3O3/c1-26-18-8-7-15(21)10-16(18)20(25)14-5-3-9-24(12-14)11-13-4-2-6-17-19(13)23-27-22-17/h2,4,6-8,10,14H,3,5,9,11-12H2,1H3/t14-/m0/s1. The molecule has 27 heavy (non-hydrogen) atoms. The Morgan fingerprint density at radius 3 is 3.07 bits per heavy atom. The van der Waals surface area contributed by atoms with Gasteiger partial charge in [0, 0.05) is 19.0 Å². The number of fused-ring (bicyclic) bond motifs is 1. The van der Waals surface area contributed by atoms with Crippen LogP contribution in [0.1, 0.15) is 28.8 Å². The number of hydrogen-bond acceptors (Lipinski definition) is 6. The van der Waals surface area contributed by atoms with E-state index in [1.807, 2.05) is 18.2 Å². The molecule has 0 aliphatic carbocycles. The van der Waals surface area contributed by atoms with Gasteiger partial charge in [-0.2, -0.15) is 0 Å². The van der Waals surface area contributed by atoms with E-state index >= 15 is 0 Å². The summed E-state index contributed by atoms with van der Waals surface area (Å²) >= 11 is 0. The molecule has 1 fully saturated rings. The van der Waals surface area contributed by atoms with Crippen molar-refractivity contribution < 1.29 is 18.6 Å². The van der Waals surface area contributed by atoms with Crippen LogP contribution in [0.3, 0.4) is 0 Å². The van der Waals surface area contributed by atoms with Crippen molar-refractivity contribution in [3.63, 3.8) is 0 Å². The number of hydrogen-bond donors (Lipinski definition) is 0. The number of aromatic nitrogens is 2. The first-order valence-electron chi connectivity index (χ1n) is 8.96. The molecule has 0 radical (unpaired) electrons. The highest BCUT2D eigenvalue weighted by Crippen LogP contribution is 2.28. The maximum atomic E-state index is 13.7. The molecule has 140 valence electrons. The van der Waals surface area contributed by atoms with Crippen LogP contribution in [0.2, 0.25) is 0 Å². The van der Waals surface area contributed by atoms with Crippen molar-refractivity contribution in [2.45, 2.75) is 19.4 Å². The summed E-state index contributed by atoms with van der Waals surface area (Å²) in [6, 6.07) is 9.84. The number of carbonyl (C=O) groups excluding carboxylic acids is 1. The molecule has 0 bridgehead atoms. The lowest BCUT2D eigenvalue weighted by Gasteiger charge is -2.32. The van der Waals surface area contributed by atoms with Gasteiger partial charge in [0.15, 0.2) is 5.78 Å². The molecule has 1 aromatic heterocycles. The summed E-state index contributed by atoms with van der Waals surface area (Å²) in [6.07, 6.45) is 1.69. The van der Waals surface area contributed by atoms with E-state index in [9.17, 15) is 9.18 Å². The van der Waals surface area contributed by atoms with Crippen molar-refractivity contribution in [2.24, 2.45) is 5.92 Å². The molecule has 1 saturated heterocycles. The highest BCUT2D eigenvalue weighted by molar-refractivity contribution is 6.00. The number of likely N-dealkylation sites (tertiary alicyclic amines) is 1. The van der Waals surface area contributed by atoms with Crippen LogP contribution >= 0.6 is 0 Å². The molecule has 0 spiro atoms. The molecule has 1 aliphatic rings. The number of benzene rings is 2. The molecule has 0 saturated carbocycles. The van der Waals surface area contributed by atoms with Gasteiger partial charge in [0.1, 0.15) is 22.6 Å². The SMILES string of the molecule is COc1ccc(F)cc1C(=O)[C@H]1CCCN(Cc2cccc3nonc23)C1.